The molecule has 0 radical (unpaired) electrons. The largest absolute Gasteiger partial charge is 0.480 e. The third-order valence-corrected chi connectivity index (χ3v) is 9.58. The van der Waals surface area contributed by atoms with Crippen molar-refractivity contribution in [1.29, 1.82) is 0 Å². The van der Waals surface area contributed by atoms with E-state index in [1.54, 1.807) is 24.3 Å². The number of aromatic nitrogens is 2. The van der Waals surface area contributed by atoms with E-state index in [0.29, 0.717) is 17.1 Å². The van der Waals surface area contributed by atoms with Crippen molar-refractivity contribution in [3.63, 3.8) is 0 Å². The van der Waals surface area contributed by atoms with Gasteiger partial charge in [-0.05, 0) is 31.3 Å². The number of H-pyrrole nitrogens is 1. The number of benzene rings is 1. The maximum Gasteiger partial charge on any atom is 0.320 e. The number of amides is 2. The molecule has 0 unspecified atom stereocenters. The van der Waals surface area contributed by atoms with Crippen LogP contribution in [0.2, 0.25) is 5.02 Å². The number of hydrogen-bond donors (Lipinski definition) is 4. The van der Waals surface area contributed by atoms with Crippen molar-refractivity contribution in [2.45, 2.75) is 25.0 Å². The smallest absolute Gasteiger partial charge is 0.320 e. The van der Waals surface area contributed by atoms with Gasteiger partial charge >= 0.3 is 5.97 Å². The van der Waals surface area contributed by atoms with Crippen LogP contribution in [-0.2, 0) is 27.8 Å². The summed E-state index contributed by atoms with van der Waals surface area (Å²) in [7, 11) is -2.18. The number of hydrogen-bond acceptors (Lipinski definition) is 8. The summed E-state index contributed by atoms with van der Waals surface area (Å²) in [4.78, 5) is 47.9. The molecule has 12 nitrogen and oxygen atoms in total. The van der Waals surface area contributed by atoms with E-state index in [1.165, 1.54) is 11.3 Å². The first-order valence-corrected chi connectivity index (χ1v) is 14.6. The number of aliphatic carboxylic acids is 1. The summed E-state index contributed by atoms with van der Waals surface area (Å²) in [6.07, 6.45) is 0.731. The average Bonchev–Trinajstić information content (AvgIpc) is 3.54. The summed E-state index contributed by atoms with van der Waals surface area (Å²) in [6.45, 7) is 1.14. The molecule has 2 aromatic heterocycles. The van der Waals surface area contributed by atoms with E-state index in [0.717, 1.165) is 33.2 Å². The zero-order chi connectivity index (χ0) is 27.2. The molecule has 1 saturated heterocycles. The Labute approximate surface area is 227 Å². The van der Waals surface area contributed by atoms with Crippen LogP contribution >= 0.6 is 22.9 Å². The molecule has 2 amide bonds. The van der Waals surface area contributed by atoms with Crippen LogP contribution in [0.1, 0.15) is 30.9 Å². The fraction of sp³-hybridized carbons (Fsp3) is 0.391. The van der Waals surface area contributed by atoms with Gasteiger partial charge in [0.25, 0.3) is 11.8 Å². The van der Waals surface area contributed by atoms with Gasteiger partial charge in [-0.25, -0.2) is 13.4 Å². The number of nitrogens with one attached hydrogen (secondary N) is 3. The molecule has 0 saturated carbocycles. The van der Waals surface area contributed by atoms with Crippen LogP contribution in [0.3, 0.4) is 0 Å². The molecule has 3 aromatic rings. The van der Waals surface area contributed by atoms with Crippen LogP contribution in [0.25, 0.3) is 10.9 Å². The molecular weight excluding hydrogens is 556 g/mol. The summed E-state index contributed by atoms with van der Waals surface area (Å²) < 4.78 is 26.3. The van der Waals surface area contributed by atoms with Gasteiger partial charge in [0.05, 0.1) is 17.8 Å². The molecule has 202 valence electrons. The van der Waals surface area contributed by atoms with Crippen molar-refractivity contribution in [3.8, 4) is 0 Å². The number of halogens is 1. The van der Waals surface area contributed by atoms with Crippen LogP contribution in [-0.4, -0.2) is 95.0 Å². The molecule has 15 heteroatoms. The number of carbonyl (C=O) groups excluding carboxylic acids is 2. The molecular formula is C23H25ClN6O6S2. The molecule has 0 bridgehead atoms. The van der Waals surface area contributed by atoms with Crippen LogP contribution in [0.15, 0.2) is 24.3 Å². The minimum absolute atomic E-state index is 0.192. The van der Waals surface area contributed by atoms with Crippen molar-refractivity contribution in [2.24, 2.45) is 0 Å². The number of aromatic amines is 1. The van der Waals surface area contributed by atoms with Gasteiger partial charge in [0, 0.05) is 53.4 Å². The van der Waals surface area contributed by atoms with Crippen LogP contribution in [0.4, 0.5) is 0 Å². The highest BCUT2D eigenvalue weighted by Crippen LogP contribution is 2.25. The topological polar surface area (TPSA) is 165 Å². The zero-order valence-electron chi connectivity index (χ0n) is 20.2. The number of carboxylic acid groups (broad SMARTS) is 1. The lowest BCUT2D eigenvalue weighted by atomic mass is 10.1. The van der Waals surface area contributed by atoms with E-state index < -0.39 is 45.6 Å². The second kappa shape index (κ2) is 10.3. The maximum atomic E-state index is 13.1. The Hall–Kier alpha value is -3.04. The van der Waals surface area contributed by atoms with Crippen molar-refractivity contribution in [1.82, 2.24) is 29.8 Å². The lowest BCUT2D eigenvalue weighted by Crippen LogP contribution is -2.51. The van der Waals surface area contributed by atoms with E-state index >= 15 is 0 Å². The van der Waals surface area contributed by atoms with Crippen molar-refractivity contribution in [2.75, 3.05) is 32.4 Å². The minimum atomic E-state index is -4.17. The molecule has 0 spiro atoms. The molecule has 4 heterocycles. The number of carbonyl (C=O) groups is 3. The quantitative estimate of drug-likeness (QED) is 0.320. The molecule has 2 aliphatic rings. The Kier molecular flexibility index (Phi) is 7.17. The molecule has 1 fully saturated rings. The number of carboxylic acids is 1. The van der Waals surface area contributed by atoms with Crippen LogP contribution in [0, 0.1) is 0 Å². The van der Waals surface area contributed by atoms with Gasteiger partial charge in [0.2, 0.25) is 10.0 Å². The lowest BCUT2D eigenvalue weighted by Gasteiger charge is -2.20. The Morgan fingerprint density at radius 1 is 1.18 bits per heavy atom. The highest BCUT2D eigenvalue weighted by atomic mass is 35.5. The van der Waals surface area contributed by atoms with E-state index in [-0.39, 0.29) is 23.8 Å². The first-order chi connectivity index (χ1) is 18.0. The Balaban J connectivity index is 1.36. The number of fused-ring (bicyclic) bond motifs is 2. The number of likely N-dealkylation sites (N-methyl/N-ethyl adjacent to an activating group) is 1. The van der Waals surface area contributed by atoms with E-state index in [1.807, 2.05) is 7.05 Å². The molecule has 2 aliphatic heterocycles. The summed E-state index contributed by atoms with van der Waals surface area (Å²) in [5, 5.41) is 16.1. The van der Waals surface area contributed by atoms with E-state index in [4.69, 9.17) is 16.7 Å². The highest BCUT2D eigenvalue weighted by Gasteiger charge is 2.41. The zero-order valence-corrected chi connectivity index (χ0v) is 22.6. The molecule has 2 atom stereocenters. The molecule has 5 rings (SSSR count). The summed E-state index contributed by atoms with van der Waals surface area (Å²) >= 11 is 7.32. The Bertz CT molecular complexity index is 1540. The summed E-state index contributed by atoms with van der Waals surface area (Å²) in [5.74, 6) is -3.57. The lowest BCUT2D eigenvalue weighted by molar-refractivity contribution is -0.134. The third-order valence-electron chi connectivity index (χ3n) is 6.56. The van der Waals surface area contributed by atoms with Gasteiger partial charge in [0.1, 0.15) is 5.69 Å². The van der Waals surface area contributed by atoms with Gasteiger partial charge in [-0.3, -0.25) is 14.4 Å². The summed E-state index contributed by atoms with van der Waals surface area (Å²) in [6, 6.07) is 5.12. The van der Waals surface area contributed by atoms with Gasteiger partial charge in [-0.2, -0.15) is 4.31 Å². The molecule has 1 aromatic carbocycles. The van der Waals surface area contributed by atoms with Gasteiger partial charge in [-0.15, -0.1) is 11.3 Å². The van der Waals surface area contributed by atoms with Crippen LogP contribution in [0.5, 0.6) is 0 Å². The van der Waals surface area contributed by atoms with E-state index in [2.05, 4.69) is 25.5 Å². The predicted molar refractivity (Wildman–Crippen MR) is 141 cm³/mol. The molecule has 4 N–H and O–H groups in total. The number of rotatable bonds is 7. The van der Waals surface area contributed by atoms with Gasteiger partial charge in [0.15, 0.2) is 10.8 Å². The Morgan fingerprint density at radius 3 is 2.61 bits per heavy atom. The predicted octanol–water partition coefficient (Wildman–Crippen LogP) is 0.893. The average molecular weight is 581 g/mol. The summed E-state index contributed by atoms with van der Waals surface area (Å²) in [5.41, 5.74) is 1.80. The fourth-order valence-electron chi connectivity index (χ4n) is 4.66. The number of sulfonamides is 1. The minimum Gasteiger partial charge on any atom is -0.480 e. The second-order valence-electron chi connectivity index (χ2n) is 9.42. The Morgan fingerprint density at radius 2 is 1.89 bits per heavy atom. The first-order valence-electron chi connectivity index (χ1n) is 11.8. The van der Waals surface area contributed by atoms with Crippen molar-refractivity contribution < 1.29 is 27.9 Å². The number of nitrogens with zero attached hydrogens (tertiary/aromatic N) is 3. The highest BCUT2D eigenvalue weighted by molar-refractivity contribution is 7.89. The standard InChI is InChI=1S/C23H25ClN6O6S2/c1-29-5-4-15-19(10-29)37-23(28-15)22(34)27-18-9-30(38(35,36)11-20(31)32)8-17(18)26-21(33)16-7-12-6-13(24)2-3-14(12)25-16/h2-3,6-7,17-18,25H,4-5,8-11H2,1H3,(H,26,33)(H,27,34)(H,31,32)/t17-,18-/m1/s1. The monoisotopic (exact) mass is 580 g/mol. The molecule has 0 aliphatic carbocycles. The van der Waals surface area contributed by atoms with Crippen molar-refractivity contribution in [3.05, 3.63) is 50.6 Å². The van der Waals surface area contributed by atoms with E-state index in [9.17, 15) is 22.8 Å². The normalized spacial score (nSPS) is 20.4. The number of thiazole rings is 1. The van der Waals surface area contributed by atoms with Crippen LogP contribution < -0.4 is 10.6 Å². The van der Waals surface area contributed by atoms with Gasteiger partial charge in [-0.1, -0.05) is 11.6 Å². The first kappa shape index (κ1) is 26.6. The van der Waals surface area contributed by atoms with Gasteiger partial charge < -0.3 is 25.6 Å². The SMILES string of the molecule is CN1CCc2nc(C(=O)N[C@@H]3CN(S(=O)(=O)CC(=O)O)C[C@H]3NC(=O)c3cc4cc(Cl)ccc4[nH]3)sc2C1. The second-order valence-corrected chi connectivity index (χ2v) is 12.9. The fourth-order valence-corrected chi connectivity index (χ4v) is 7.20. The molecule has 38 heavy (non-hydrogen) atoms. The van der Waals surface area contributed by atoms with Crippen molar-refractivity contribution >= 4 is 61.6 Å². The maximum absolute atomic E-state index is 13.1. The third kappa shape index (κ3) is 5.54.